The fraction of sp³-hybridized carbons (Fsp3) is 0. The third-order valence-electron chi connectivity index (χ3n) is 0. The van der Waals surface area contributed by atoms with E-state index < -0.39 is 15.6 Å². The van der Waals surface area contributed by atoms with Gasteiger partial charge in [-0.2, -0.15) is 15.6 Å². The molecule has 0 aromatic carbocycles. The summed E-state index contributed by atoms with van der Waals surface area (Å²) in [5.41, 5.74) is 0. The Morgan fingerprint density at radius 1 is 0.692 bits per heavy atom. The predicted octanol–water partition coefficient (Wildman–Crippen LogP) is -6.41. The van der Waals surface area contributed by atoms with Crippen LogP contribution in [-0.4, -0.2) is 55.1 Å². The Labute approximate surface area is 140 Å². The maximum absolute atomic E-state index is 8.55. The van der Waals surface area contributed by atoms with Crippen LogP contribution in [0, 0.1) is 0 Å². The zero-order valence-corrected chi connectivity index (χ0v) is 14.0. The molecule has 0 aliphatic carbocycles. The zero-order valence-electron chi connectivity index (χ0n) is 6.02. The number of hydrogen-bond donors (Lipinski definition) is 0. The third kappa shape index (κ3) is 268. The van der Waals surface area contributed by atoms with Crippen LogP contribution in [0.25, 0.3) is 0 Å². The smallest absolute Gasteiger partial charge is 0.822 e. The molecule has 0 aliphatic rings. The molecule has 13 heteroatoms. The van der Waals surface area contributed by atoms with Crippen molar-refractivity contribution >= 4 is 70.7 Å². The Bertz CT molecular complexity index is 134. The van der Waals surface area contributed by atoms with Crippen molar-refractivity contribution in [3.8, 4) is 0 Å². The van der Waals surface area contributed by atoms with Gasteiger partial charge in [-0.15, -0.1) is 0 Å². The summed E-state index contributed by atoms with van der Waals surface area (Å²) < 4.78 is 17.1. The van der Waals surface area contributed by atoms with E-state index in [-0.39, 0.29) is 87.8 Å². The average molecular weight is 346 g/mol. The summed E-state index contributed by atoms with van der Waals surface area (Å²) in [4.78, 5) is 51.3. The monoisotopic (exact) mass is 346 g/mol. The summed E-state index contributed by atoms with van der Waals surface area (Å²) >= 11 is 0. The van der Waals surface area contributed by atoms with Crippen molar-refractivity contribution in [3.05, 3.63) is 0 Å². The summed E-state index contributed by atoms with van der Waals surface area (Å²) in [7, 11) is -10.8. The molecule has 0 aromatic heterocycles. The molecule has 8 nitrogen and oxygen atoms in total. The van der Waals surface area contributed by atoms with E-state index in [1.54, 1.807) is 0 Å². The predicted molar refractivity (Wildman–Crippen MR) is 26.7 cm³/mol. The van der Waals surface area contributed by atoms with Crippen molar-refractivity contribution in [2.24, 2.45) is 0 Å². The van der Waals surface area contributed by atoms with E-state index in [0.29, 0.717) is 0 Å². The van der Waals surface area contributed by atoms with Gasteiger partial charge in [0.25, 0.3) is 0 Å². The van der Waals surface area contributed by atoms with Crippen LogP contribution in [0.2, 0.25) is 0 Å². The topological polar surface area (TPSA) is 172 Å². The second kappa shape index (κ2) is 13.2. The Morgan fingerprint density at radius 3 is 0.692 bits per heavy atom. The number of phosphoric acid groups is 2. The van der Waals surface area contributed by atoms with E-state index in [4.69, 9.17) is 38.5 Å². The van der Waals surface area contributed by atoms with Crippen LogP contribution in [0.5, 0.6) is 0 Å². The van der Waals surface area contributed by atoms with Crippen LogP contribution in [0.1, 0.15) is 0 Å². The van der Waals surface area contributed by atoms with E-state index in [1.807, 2.05) is 0 Å². The van der Waals surface area contributed by atoms with Gasteiger partial charge < -0.3 is 38.5 Å². The van der Waals surface area contributed by atoms with Gasteiger partial charge in [-0.1, -0.05) is 0 Å². The first-order valence-corrected chi connectivity index (χ1v) is 4.38. The normalized spacial score (nSPS) is 9.08. The van der Waals surface area contributed by atoms with Crippen molar-refractivity contribution in [3.63, 3.8) is 0 Å². The van der Waals surface area contributed by atoms with Gasteiger partial charge in [-0.25, -0.2) is 0 Å². The first-order valence-electron chi connectivity index (χ1n) is 1.46. The SMILES string of the molecule is O=P([O-])([O-])[O-].O=P([O-])([O-])[O-].[Al+3].[Ca+2].[Y+3]. The van der Waals surface area contributed by atoms with Gasteiger partial charge in [-0.05, 0) is 0 Å². The quantitative estimate of drug-likeness (QED) is 0.307. The van der Waals surface area contributed by atoms with E-state index in [2.05, 4.69) is 0 Å². The van der Waals surface area contributed by atoms with E-state index in [1.165, 1.54) is 0 Å². The molecule has 0 saturated carbocycles. The summed E-state index contributed by atoms with van der Waals surface area (Å²) in [6.45, 7) is 0. The molecule has 0 bridgehead atoms. The summed E-state index contributed by atoms with van der Waals surface area (Å²) in [6, 6.07) is 0. The molecule has 0 unspecified atom stereocenters. The zero-order chi connectivity index (χ0) is 9.00. The molecule has 0 heterocycles. The molecule has 0 radical (unpaired) electrons. The fourth-order valence-corrected chi connectivity index (χ4v) is 0. The third-order valence-corrected chi connectivity index (χ3v) is 0. The minimum Gasteiger partial charge on any atom is -0.822 e. The minimum absolute atomic E-state index is 0. The maximum atomic E-state index is 8.55. The van der Waals surface area contributed by atoms with Gasteiger partial charge in [0.15, 0.2) is 0 Å². The number of rotatable bonds is 0. The maximum Gasteiger partial charge on any atom is 3.00 e. The summed E-state index contributed by atoms with van der Waals surface area (Å²) in [6.07, 6.45) is 0. The second-order valence-corrected chi connectivity index (χ2v) is 2.68. The van der Waals surface area contributed by atoms with E-state index >= 15 is 0 Å². The molecular weight excluding hydrogens is 346 g/mol. The van der Waals surface area contributed by atoms with Crippen molar-refractivity contribution in [2.45, 2.75) is 0 Å². The minimum atomic E-state index is -5.39. The fourth-order valence-electron chi connectivity index (χ4n) is 0. The molecular formula is AlCaO8P2Y+2. The van der Waals surface area contributed by atoms with Crippen LogP contribution in [0.15, 0.2) is 0 Å². The van der Waals surface area contributed by atoms with Crippen molar-refractivity contribution in [1.29, 1.82) is 0 Å². The van der Waals surface area contributed by atoms with Gasteiger partial charge in [0.2, 0.25) is 0 Å². The molecule has 0 N–H and O–H groups in total. The molecule has 0 atom stereocenters. The van der Waals surface area contributed by atoms with Crippen molar-refractivity contribution in [1.82, 2.24) is 0 Å². The second-order valence-electron chi connectivity index (χ2n) is 0.894. The summed E-state index contributed by atoms with van der Waals surface area (Å²) in [5.74, 6) is 0. The largest absolute Gasteiger partial charge is 3.00 e. The first-order chi connectivity index (χ1) is 4.00. The molecule has 0 fully saturated rings. The average Bonchev–Trinajstić information content (AvgIpc) is 1.12. The standard InChI is InChI=1S/Al.Ca.2H3O4P.Y/c;;2*1-5(2,3)4;/h;;2*(H3,1,2,3,4);/q+3;+2;;;+3/p-6. The van der Waals surface area contributed by atoms with Gasteiger partial charge >= 0.3 is 87.8 Å². The van der Waals surface area contributed by atoms with Gasteiger partial charge in [0, 0.05) is 0 Å². The van der Waals surface area contributed by atoms with Gasteiger partial charge in [-0.3, -0.25) is 0 Å². The Hall–Kier alpha value is 3.12. The molecule has 0 amide bonds. The van der Waals surface area contributed by atoms with E-state index in [9.17, 15) is 0 Å². The molecule has 0 rings (SSSR count). The van der Waals surface area contributed by atoms with E-state index in [0.717, 1.165) is 0 Å². The molecule has 0 spiro atoms. The summed E-state index contributed by atoms with van der Waals surface area (Å²) in [5, 5.41) is 0. The number of hydrogen-bond acceptors (Lipinski definition) is 8. The first kappa shape index (κ1) is 29.8. The van der Waals surface area contributed by atoms with Crippen LogP contribution >= 0.6 is 15.6 Å². The molecule has 13 heavy (non-hydrogen) atoms. The van der Waals surface area contributed by atoms with Crippen molar-refractivity contribution in [2.75, 3.05) is 0 Å². The van der Waals surface area contributed by atoms with Crippen LogP contribution in [0.4, 0.5) is 0 Å². The van der Waals surface area contributed by atoms with Gasteiger partial charge in [0.1, 0.15) is 0 Å². The molecule has 64 valence electrons. The Morgan fingerprint density at radius 2 is 0.692 bits per heavy atom. The molecule has 0 aromatic rings. The van der Waals surface area contributed by atoms with Crippen LogP contribution in [-0.2, 0) is 41.8 Å². The molecule has 0 saturated heterocycles. The van der Waals surface area contributed by atoms with Crippen LogP contribution < -0.4 is 29.4 Å². The van der Waals surface area contributed by atoms with Gasteiger partial charge in [0.05, 0.1) is 0 Å². The Kier molecular flexibility index (Phi) is 30.2. The molecule has 0 aliphatic heterocycles. The van der Waals surface area contributed by atoms with Crippen LogP contribution in [0.3, 0.4) is 0 Å². The van der Waals surface area contributed by atoms with Crippen molar-refractivity contribution < 1.29 is 71.2 Å². The Balaban J connectivity index is -0.0000000267.